The van der Waals surface area contributed by atoms with Gasteiger partial charge in [0, 0.05) is 13.1 Å². The first-order valence-corrected chi connectivity index (χ1v) is 8.69. The summed E-state index contributed by atoms with van der Waals surface area (Å²) in [6.45, 7) is 0.314. The topological polar surface area (TPSA) is 262 Å². The Hall–Kier alpha value is -3.26. The lowest BCUT2D eigenvalue weighted by Gasteiger charge is -2.07. The third-order valence-electron chi connectivity index (χ3n) is 3.40. The van der Waals surface area contributed by atoms with Crippen LogP contribution in [-0.4, -0.2) is 71.1 Å². The number of rotatable bonds is 12. The highest BCUT2D eigenvalue weighted by Crippen LogP contribution is 1.96. The summed E-state index contributed by atoms with van der Waals surface area (Å²) in [6, 6.07) is -1.99. The van der Waals surface area contributed by atoms with Gasteiger partial charge in [0.15, 0.2) is 11.9 Å². The van der Waals surface area contributed by atoms with E-state index < -0.39 is 42.3 Å². The van der Waals surface area contributed by atoms with Crippen LogP contribution in [0.15, 0.2) is 9.98 Å². The summed E-state index contributed by atoms with van der Waals surface area (Å²) in [5.74, 6) is -4.13. The molecule has 0 radical (unpaired) electrons. The standard InChI is InChI=1S/C15H28N8O6/c16-8(12(26)27)3-1-5-20-14(18)22-10(24)7-11(25)23-15(19)21-6-2-4-9(17)13(28)29/h8-9H,1-7,16-17H2,(H,26,27)(H,28,29)(H3,18,20,22,24)(H3,19,21,23,25)/t8-,9-/m0/s1. The van der Waals surface area contributed by atoms with E-state index >= 15 is 0 Å². The molecule has 0 bridgehead atoms. The highest BCUT2D eigenvalue weighted by atomic mass is 16.4. The lowest BCUT2D eigenvalue weighted by Crippen LogP contribution is -2.42. The van der Waals surface area contributed by atoms with Crippen molar-refractivity contribution >= 4 is 35.7 Å². The van der Waals surface area contributed by atoms with Gasteiger partial charge >= 0.3 is 11.9 Å². The first-order chi connectivity index (χ1) is 13.5. The molecule has 0 aliphatic rings. The fraction of sp³-hybridized carbons (Fsp3) is 0.600. The van der Waals surface area contributed by atoms with Crippen LogP contribution in [0.5, 0.6) is 0 Å². The molecule has 14 heteroatoms. The second-order valence-electron chi connectivity index (χ2n) is 5.98. The molecule has 0 heterocycles. The molecule has 0 aromatic heterocycles. The molecule has 0 fully saturated rings. The van der Waals surface area contributed by atoms with Crippen molar-refractivity contribution < 1.29 is 29.4 Å². The normalized spacial score (nSPS) is 14.0. The van der Waals surface area contributed by atoms with Crippen LogP contribution in [0, 0.1) is 0 Å². The highest BCUT2D eigenvalue weighted by Gasteiger charge is 2.13. The van der Waals surface area contributed by atoms with Gasteiger partial charge in [0.1, 0.15) is 18.5 Å². The molecule has 12 N–H and O–H groups in total. The Morgan fingerprint density at radius 3 is 1.41 bits per heavy atom. The zero-order valence-electron chi connectivity index (χ0n) is 15.8. The van der Waals surface area contributed by atoms with Crippen LogP contribution in [0.3, 0.4) is 0 Å². The van der Waals surface area contributed by atoms with Crippen LogP contribution in [-0.2, 0) is 19.2 Å². The molecule has 14 nitrogen and oxygen atoms in total. The molecule has 0 saturated heterocycles. The molecule has 0 rings (SSSR count). The van der Waals surface area contributed by atoms with Crippen LogP contribution in [0.4, 0.5) is 0 Å². The SMILES string of the molecule is NC(=NCCC[C@H](N)C(=O)O)NC(=O)CC(=O)NC(N)=NCCC[C@H](N)C(=O)O. The van der Waals surface area contributed by atoms with E-state index in [1.807, 2.05) is 0 Å². The van der Waals surface area contributed by atoms with Gasteiger partial charge in [-0.3, -0.25) is 39.8 Å². The fourth-order valence-electron chi connectivity index (χ4n) is 1.87. The average molecular weight is 416 g/mol. The number of carboxylic acid groups (broad SMARTS) is 2. The number of carbonyl (C=O) groups is 4. The van der Waals surface area contributed by atoms with Gasteiger partial charge < -0.3 is 33.1 Å². The predicted octanol–water partition coefficient (Wildman–Crippen LogP) is -3.38. The Morgan fingerprint density at radius 1 is 0.759 bits per heavy atom. The molecule has 0 aromatic carbocycles. The maximum atomic E-state index is 11.7. The summed E-state index contributed by atoms with van der Waals surface area (Å²) < 4.78 is 0. The molecule has 0 saturated carbocycles. The van der Waals surface area contributed by atoms with Gasteiger partial charge in [-0.05, 0) is 25.7 Å². The zero-order chi connectivity index (χ0) is 22.4. The van der Waals surface area contributed by atoms with Crippen LogP contribution in [0.1, 0.15) is 32.1 Å². The Balaban J connectivity index is 4.14. The number of hydrogen-bond donors (Lipinski definition) is 8. The molecule has 164 valence electrons. The number of aliphatic carboxylic acids is 2. The van der Waals surface area contributed by atoms with Crippen LogP contribution < -0.4 is 33.6 Å². The summed E-state index contributed by atoms with van der Waals surface area (Å²) in [4.78, 5) is 52.1. The fourth-order valence-corrected chi connectivity index (χ4v) is 1.87. The summed E-state index contributed by atoms with van der Waals surface area (Å²) in [6.07, 6.45) is 0.524. The lowest BCUT2D eigenvalue weighted by molar-refractivity contribution is -0.139. The highest BCUT2D eigenvalue weighted by molar-refractivity contribution is 6.08. The smallest absolute Gasteiger partial charge is 0.320 e. The third kappa shape index (κ3) is 13.5. The largest absolute Gasteiger partial charge is 0.480 e. The van der Waals surface area contributed by atoms with Crippen molar-refractivity contribution in [2.45, 2.75) is 44.2 Å². The molecule has 0 spiro atoms. The summed E-state index contributed by atoms with van der Waals surface area (Å²) in [5.41, 5.74) is 21.6. The second kappa shape index (κ2) is 13.8. The van der Waals surface area contributed by atoms with Crippen molar-refractivity contribution in [2.75, 3.05) is 13.1 Å². The van der Waals surface area contributed by atoms with Crippen LogP contribution in [0.2, 0.25) is 0 Å². The zero-order valence-corrected chi connectivity index (χ0v) is 15.8. The number of nitrogens with one attached hydrogen (secondary N) is 2. The molecule has 29 heavy (non-hydrogen) atoms. The number of nitrogens with zero attached hydrogens (tertiary/aromatic N) is 2. The van der Waals surface area contributed by atoms with Gasteiger partial charge in [-0.1, -0.05) is 0 Å². The monoisotopic (exact) mass is 416 g/mol. The van der Waals surface area contributed by atoms with Gasteiger partial charge in [0.25, 0.3) is 0 Å². The number of amides is 2. The summed E-state index contributed by atoms with van der Waals surface area (Å²) in [5, 5.41) is 21.7. The van der Waals surface area contributed by atoms with Crippen molar-refractivity contribution in [2.24, 2.45) is 32.9 Å². The maximum Gasteiger partial charge on any atom is 0.320 e. The summed E-state index contributed by atoms with van der Waals surface area (Å²) in [7, 11) is 0. The number of aliphatic imine (C=N–C) groups is 2. The van der Waals surface area contributed by atoms with E-state index in [2.05, 4.69) is 20.6 Å². The Morgan fingerprint density at radius 2 is 1.10 bits per heavy atom. The van der Waals surface area contributed by atoms with E-state index in [1.54, 1.807) is 0 Å². The molecule has 0 unspecified atom stereocenters. The van der Waals surface area contributed by atoms with E-state index in [0.29, 0.717) is 12.8 Å². The number of nitrogens with two attached hydrogens (primary N) is 4. The quantitative estimate of drug-likeness (QED) is 0.0676. The molecule has 2 amide bonds. The van der Waals surface area contributed by atoms with Crippen molar-refractivity contribution in [1.82, 2.24) is 10.6 Å². The Kier molecular flexibility index (Phi) is 12.3. The van der Waals surface area contributed by atoms with Crippen LogP contribution >= 0.6 is 0 Å². The van der Waals surface area contributed by atoms with Gasteiger partial charge in [-0.25, -0.2) is 0 Å². The Bertz CT molecular complexity index is 597. The first-order valence-electron chi connectivity index (χ1n) is 8.69. The van der Waals surface area contributed by atoms with Gasteiger partial charge in [-0.15, -0.1) is 0 Å². The van der Waals surface area contributed by atoms with Crippen molar-refractivity contribution in [3.63, 3.8) is 0 Å². The minimum atomic E-state index is -1.12. The number of guanidine groups is 2. The van der Waals surface area contributed by atoms with E-state index in [0.717, 1.165) is 0 Å². The molecular formula is C15H28N8O6. The molecule has 0 aromatic rings. The third-order valence-corrected chi connectivity index (χ3v) is 3.40. The van der Waals surface area contributed by atoms with Crippen molar-refractivity contribution in [1.29, 1.82) is 0 Å². The van der Waals surface area contributed by atoms with Crippen molar-refractivity contribution in [3.05, 3.63) is 0 Å². The van der Waals surface area contributed by atoms with Gasteiger partial charge in [0.05, 0.1) is 0 Å². The molecular weight excluding hydrogens is 388 g/mol. The minimum absolute atomic E-state index is 0.157. The second-order valence-corrected chi connectivity index (χ2v) is 5.98. The van der Waals surface area contributed by atoms with E-state index in [9.17, 15) is 19.2 Å². The summed E-state index contributed by atoms with van der Waals surface area (Å²) >= 11 is 0. The van der Waals surface area contributed by atoms with E-state index in [-0.39, 0.29) is 37.9 Å². The molecule has 0 aliphatic heterocycles. The van der Waals surface area contributed by atoms with E-state index in [4.69, 9.17) is 33.1 Å². The molecule has 0 aliphatic carbocycles. The van der Waals surface area contributed by atoms with Gasteiger partial charge in [-0.2, -0.15) is 0 Å². The van der Waals surface area contributed by atoms with E-state index in [1.165, 1.54) is 0 Å². The first kappa shape index (κ1) is 25.7. The average Bonchev–Trinajstić information content (AvgIpc) is 2.61. The number of hydrogen-bond acceptors (Lipinski definition) is 8. The van der Waals surface area contributed by atoms with Crippen LogP contribution in [0.25, 0.3) is 0 Å². The number of carbonyl (C=O) groups excluding carboxylic acids is 2. The Labute approximate surface area is 166 Å². The maximum absolute atomic E-state index is 11.7. The number of carboxylic acids is 2. The molecule has 2 atom stereocenters. The van der Waals surface area contributed by atoms with Crippen molar-refractivity contribution in [3.8, 4) is 0 Å². The predicted molar refractivity (Wildman–Crippen MR) is 104 cm³/mol. The lowest BCUT2D eigenvalue weighted by atomic mass is 10.2. The van der Waals surface area contributed by atoms with Gasteiger partial charge in [0.2, 0.25) is 11.8 Å². The minimum Gasteiger partial charge on any atom is -0.480 e.